The summed E-state index contributed by atoms with van der Waals surface area (Å²) < 4.78 is 28.5. The van der Waals surface area contributed by atoms with Crippen LogP contribution in [-0.4, -0.2) is 13.1 Å². The second-order valence-electron chi connectivity index (χ2n) is 5.39. The lowest BCUT2D eigenvalue weighted by molar-refractivity contribution is 0.268. The molecule has 0 atom stereocenters. The van der Waals surface area contributed by atoms with E-state index in [-0.39, 0.29) is 15.5 Å². The van der Waals surface area contributed by atoms with E-state index in [4.69, 9.17) is 11.6 Å². The molecular formula is C16H13BrClF2N. The summed E-state index contributed by atoms with van der Waals surface area (Å²) in [7, 11) is 0. The van der Waals surface area contributed by atoms with E-state index < -0.39 is 11.6 Å². The molecule has 3 rings (SSSR count). The molecule has 1 aliphatic rings. The van der Waals surface area contributed by atoms with Gasteiger partial charge in [-0.15, -0.1) is 0 Å². The fraction of sp³-hybridized carbons (Fsp3) is 0.250. The minimum atomic E-state index is -0.525. The zero-order valence-corrected chi connectivity index (χ0v) is 13.4. The fourth-order valence-corrected chi connectivity index (χ4v) is 3.31. The van der Waals surface area contributed by atoms with Crippen molar-refractivity contribution in [2.75, 3.05) is 13.1 Å². The molecule has 0 bridgehead atoms. The molecule has 2 aromatic rings. The van der Waals surface area contributed by atoms with Crippen LogP contribution < -0.4 is 5.32 Å². The Morgan fingerprint density at radius 2 is 1.95 bits per heavy atom. The third-order valence-corrected chi connectivity index (χ3v) is 4.87. The summed E-state index contributed by atoms with van der Waals surface area (Å²) in [5.41, 5.74) is 0.811. The molecular weight excluding hydrogens is 360 g/mol. The standard InChI is InChI=1S/C16H13BrClF2N/c17-13-4-5-14(19)12(15(13)20)7-16(8-21-9-16)10-2-1-3-11(18)6-10/h1-6,21H,7-9H2. The Labute approximate surface area is 135 Å². The van der Waals surface area contributed by atoms with Crippen LogP contribution in [0, 0.1) is 11.6 Å². The molecule has 1 N–H and O–H groups in total. The van der Waals surface area contributed by atoms with Crippen molar-refractivity contribution >= 4 is 27.5 Å². The van der Waals surface area contributed by atoms with Gasteiger partial charge in [-0.25, -0.2) is 8.78 Å². The molecule has 1 saturated heterocycles. The highest BCUT2D eigenvalue weighted by Gasteiger charge is 2.40. The van der Waals surface area contributed by atoms with Gasteiger partial charge in [0.1, 0.15) is 11.6 Å². The monoisotopic (exact) mass is 371 g/mol. The van der Waals surface area contributed by atoms with Crippen LogP contribution in [0.25, 0.3) is 0 Å². The van der Waals surface area contributed by atoms with Crippen LogP contribution in [0.15, 0.2) is 40.9 Å². The lowest BCUT2D eigenvalue weighted by Crippen LogP contribution is -2.58. The molecule has 110 valence electrons. The Balaban J connectivity index is 2.01. The van der Waals surface area contributed by atoms with E-state index in [1.165, 1.54) is 12.1 Å². The maximum Gasteiger partial charge on any atom is 0.143 e. The molecule has 0 saturated carbocycles. The van der Waals surface area contributed by atoms with Crippen LogP contribution in [0.5, 0.6) is 0 Å². The van der Waals surface area contributed by atoms with Gasteiger partial charge in [0.15, 0.2) is 0 Å². The SMILES string of the molecule is Fc1ccc(Br)c(F)c1CC1(c2cccc(Cl)c2)CNC1. The van der Waals surface area contributed by atoms with Gasteiger partial charge in [-0.05, 0) is 52.2 Å². The van der Waals surface area contributed by atoms with Crippen molar-refractivity contribution in [1.29, 1.82) is 0 Å². The highest BCUT2D eigenvalue weighted by molar-refractivity contribution is 9.10. The van der Waals surface area contributed by atoms with Crippen molar-refractivity contribution in [3.8, 4) is 0 Å². The number of rotatable bonds is 3. The van der Waals surface area contributed by atoms with Crippen LogP contribution >= 0.6 is 27.5 Å². The minimum Gasteiger partial charge on any atom is -0.315 e. The molecule has 1 nitrogen and oxygen atoms in total. The Bertz CT molecular complexity index is 686. The number of halogens is 4. The van der Waals surface area contributed by atoms with Crippen molar-refractivity contribution in [1.82, 2.24) is 5.32 Å². The first-order valence-electron chi connectivity index (χ1n) is 6.61. The first-order chi connectivity index (χ1) is 10.0. The van der Waals surface area contributed by atoms with Crippen LogP contribution in [0.1, 0.15) is 11.1 Å². The molecule has 0 aliphatic carbocycles. The van der Waals surface area contributed by atoms with E-state index in [2.05, 4.69) is 21.2 Å². The Morgan fingerprint density at radius 1 is 1.19 bits per heavy atom. The summed E-state index contributed by atoms with van der Waals surface area (Å²) in [6, 6.07) is 10.2. The topological polar surface area (TPSA) is 12.0 Å². The molecule has 21 heavy (non-hydrogen) atoms. The molecule has 0 aromatic heterocycles. The Morgan fingerprint density at radius 3 is 2.57 bits per heavy atom. The second-order valence-corrected chi connectivity index (χ2v) is 6.68. The normalized spacial score (nSPS) is 16.6. The van der Waals surface area contributed by atoms with Gasteiger partial charge in [0.05, 0.1) is 4.47 Å². The highest BCUT2D eigenvalue weighted by Crippen LogP contribution is 2.36. The number of hydrogen-bond donors (Lipinski definition) is 1. The van der Waals surface area contributed by atoms with Crippen molar-refractivity contribution < 1.29 is 8.78 Å². The maximum absolute atomic E-state index is 14.2. The minimum absolute atomic E-state index is 0.117. The van der Waals surface area contributed by atoms with Gasteiger partial charge >= 0.3 is 0 Å². The molecule has 1 aliphatic heterocycles. The summed E-state index contributed by atoms with van der Waals surface area (Å²) >= 11 is 9.16. The van der Waals surface area contributed by atoms with Crippen LogP contribution in [0.2, 0.25) is 5.02 Å². The second kappa shape index (κ2) is 5.67. The third-order valence-electron chi connectivity index (χ3n) is 4.02. The van der Waals surface area contributed by atoms with Crippen LogP contribution in [0.3, 0.4) is 0 Å². The number of nitrogens with one attached hydrogen (secondary N) is 1. The van der Waals surface area contributed by atoms with Gasteiger partial charge in [0.25, 0.3) is 0 Å². The van der Waals surface area contributed by atoms with E-state index in [9.17, 15) is 8.78 Å². The Hall–Kier alpha value is -0.970. The van der Waals surface area contributed by atoms with Crippen molar-refractivity contribution in [3.63, 3.8) is 0 Å². The van der Waals surface area contributed by atoms with Crippen molar-refractivity contribution in [3.05, 3.63) is 68.7 Å². The predicted octanol–water partition coefficient (Wildman–Crippen LogP) is 4.46. The highest BCUT2D eigenvalue weighted by atomic mass is 79.9. The molecule has 0 spiro atoms. The fourth-order valence-electron chi connectivity index (χ4n) is 2.75. The summed E-state index contributed by atoms with van der Waals surface area (Å²) in [6.45, 7) is 1.36. The Kier molecular flexibility index (Phi) is 4.04. The first kappa shape index (κ1) is 14.9. The van der Waals surface area contributed by atoms with Gasteiger partial charge < -0.3 is 5.32 Å². The lowest BCUT2D eigenvalue weighted by atomic mass is 9.71. The quantitative estimate of drug-likeness (QED) is 0.784. The average molecular weight is 373 g/mol. The van der Waals surface area contributed by atoms with E-state index in [0.29, 0.717) is 24.5 Å². The van der Waals surface area contributed by atoms with Gasteiger partial charge in [0.2, 0.25) is 0 Å². The van der Waals surface area contributed by atoms with Gasteiger partial charge in [0, 0.05) is 29.1 Å². The number of benzene rings is 2. The van der Waals surface area contributed by atoms with Gasteiger partial charge in [-0.1, -0.05) is 23.7 Å². The summed E-state index contributed by atoms with van der Waals surface area (Å²) in [5.74, 6) is -1.03. The van der Waals surface area contributed by atoms with Crippen molar-refractivity contribution in [2.45, 2.75) is 11.8 Å². The number of hydrogen-bond acceptors (Lipinski definition) is 1. The summed E-state index contributed by atoms with van der Waals surface area (Å²) in [5, 5.41) is 3.83. The molecule has 0 unspecified atom stereocenters. The molecule has 1 fully saturated rings. The van der Waals surface area contributed by atoms with E-state index >= 15 is 0 Å². The first-order valence-corrected chi connectivity index (χ1v) is 7.78. The molecule has 0 amide bonds. The van der Waals surface area contributed by atoms with E-state index in [1.807, 2.05) is 18.2 Å². The lowest BCUT2D eigenvalue weighted by Gasteiger charge is -2.43. The average Bonchev–Trinajstić information content (AvgIpc) is 2.42. The smallest absolute Gasteiger partial charge is 0.143 e. The van der Waals surface area contributed by atoms with E-state index in [1.54, 1.807) is 6.07 Å². The zero-order valence-electron chi connectivity index (χ0n) is 11.1. The molecule has 5 heteroatoms. The molecule has 2 aromatic carbocycles. The third kappa shape index (κ3) is 2.72. The van der Waals surface area contributed by atoms with E-state index in [0.717, 1.165) is 5.56 Å². The summed E-state index contributed by atoms with van der Waals surface area (Å²) in [6.07, 6.45) is 0.303. The predicted molar refractivity (Wildman–Crippen MR) is 83.8 cm³/mol. The van der Waals surface area contributed by atoms with Gasteiger partial charge in [-0.2, -0.15) is 0 Å². The largest absolute Gasteiger partial charge is 0.315 e. The van der Waals surface area contributed by atoms with Gasteiger partial charge in [-0.3, -0.25) is 0 Å². The van der Waals surface area contributed by atoms with Crippen LogP contribution in [0.4, 0.5) is 8.78 Å². The summed E-state index contributed by atoms with van der Waals surface area (Å²) in [4.78, 5) is 0. The van der Waals surface area contributed by atoms with Crippen LogP contribution in [-0.2, 0) is 11.8 Å². The molecule has 1 heterocycles. The zero-order chi connectivity index (χ0) is 15.0. The molecule has 0 radical (unpaired) electrons. The van der Waals surface area contributed by atoms with Crippen molar-refractivity contribution in [2.24, 2.45) is 0 Å². The maximum atomic E-state index is 14.2.